The van der Waals surface area contributed by atoms with E-state index < -0.39 is 0 Å². The highest BCUT2D eigenvalue weighted by Crippen LogP contribution is 2.30. The Bertz CT molecular complexity index is 487. The largest absolute Gasteiger partial charge is 0.390 e. The van der Waals surface area contributed by atoms with Gasteiger partial charge in [0.1, 0.15) is 11.5 Å². The minimum atomic E-state index is 0.0836. The first kappa shape index (κ1) is 10.1. The molecule has 0 aromatic carbocycles. The smallest absolute Gasteiger partial charge is 0.109 e. The van der Waals surface area contributed by atoms with Gasteiger partial charge in [0.25, 0.3) is 0 Å². The van der Waals surface area contributed by atoms with Gasteiger partial charge in [0.05, 0.1) is 17.2 Å². The van der Waals surface area contributed by atoms with Crippen LogP contribution in [0.3, 0.4) is 0 Å². The molecule has 0 spiro atoms. The fourth-order valence-electron chi connectivity index (χ4n) is 2.32. The molecular formula is C12H14N2OS. The predicted octanol–water partition coefficient (Wildman–Crippen LogP) is 2.44. The molecule has 0 aliphatic carbocycles. The average molecular weight is 234 g/mol. The van der Waals surface area contributed by atoms with Crippen LogP contribution in [0.4, 0.5) is 0 Å². The van der Waals surface area contributed by atoms with E-state index in [1.165, 1.54) is 12.8 Å². The Kier molecular flexibility index (Phi) is 2.53. The summed E-state index contributed by atoms with van der Waals surface area (Å²) in [6.45, 7) is 1.09. The molecule has 0 atom stereocenters. The van der Waals surface area contributed by atoms with Crippen LogP contribution in [0.1, 0.15) is 24.4 Å². The summed E-state index contributed by atoms with van der Waals surface area (Å²) < 4.78 is 2.19. The third-order valence-electron chi connectivity index (χ3n) is 3.09. The Morgan fingerprint density at radius 1 is 1.44 bits per heavy atom. The molecule has 2 aromatic rings. The van der Waals surface area contributed by atoms with Crippen molar-refractivity contribution in [3.8, 4) is 10.6 Å². The van der Waals surface area contributed by atoms with Gasteiger partial charge in [0, 0.05) is 13.0 Å². The molecule has 0 radical (unpaired) electrons. The summed E-state index contributed by atoms with van der Waals surface area (Å²) in [5.74, 6) is 1.14. The van der Waals surface area contributed by atoms with E-state index in [1.54, 1.807) is 11.3 Å². The van der Waals surface area contributed by atoms with Gasteiger partial charge in [-0.1, -0.05) is 6.07 Å². The molecule has 0 saturated carbocycles. The maximum atomic E-state index is 9.51. The zero-order valence-electron chi connectivity index (χ0n) is 9.02. The summed E-state index contributed by atoms with van der Waals surface area (Å²) >= 11 is 1.68. The first-order valence-corrected chi connectivity index (χ1v) is 6.51. The van der Waals surface area contributed by atoms with E-state index in [-0.39, 0.29) is 6.61 Å². The maximum Gasteiger partial charge on any atom is 0.109 e. The Morgan fingerprint density at radius 2 is 2.38 bits per heavy atom. The number of rotatable bonds is 2. The Hall–Kier alpha value is -1.13. The fraction of sp³-hybridized carbons (Fsp3) is 0.417. The molecule has 16 heavy (non-hydrogen) atoms. The van der Waals surface area contributed by atoms with Crippen molar-refractivity contribution in [2.75, 3.05) is 0 Å². The molecule has 2 aromatic heterocycles. The number of nitrogens with zero attached hydrogens (tertiary/aromatic N) is 2. The Morgan fingerprint density at radius 3 is 3.12 bits per heavy atom. The van der Waals surface area contributed by atoms with Crippen molar-refractivity contribution >= 4 is 11.3 Å². The van der Waals surface area contributed by atoms with Crippen molar-refractivity contribution < 1.29 is 5.11 Å². The first-order valence-electron chi connectivity index (χ1n) is 5.63. The number of thiophene rings is 1. The number of fused-ring (bicyclic) bond motifs is 1. The van der Waals surface area contributed by atoms with Crippen LogP contribution in [0.2, 0.25) is 0 Å². The average Bonchev–Trinajstić information content (AvgIpc) is 2.95. The van der Waals surface area contributed by atoms with Gasteiger partial charge in [0.15, 0.2) is 0 Å². The molecule has 0 saturated heterocycles. The molecule has 1 aliphatic heterocycles. The summed E-state index contributed by atoms with van der Waals surface area (Å²) in [6, 6.07) is 4.09. The number of imidazole rings is 1. The van der Waals surface area contributed by atoms with Crippen molar-refractivity contribution in [3.63, 3.8) is 0 Å². The van der Waals surface area contributed by atoms with Gasteiger partial charge < -0.3 is 9.67 Å². The molecule has 84 valence electrons. The van der Waals surface area contributed by atoms with Crippen LogP contribution in [0.15, 0.2) is 17.5 Å². The molecule has 1 aliphatic rings. The van der Waals surface area contributed by atoms with Gasteiger partial charge >= 0.3 is 0 Å². The summed E-state index contributed by atoms with van der Waals surface area (Å²) in [5, 5.41) is 11.6. The maximum absolute atomic E-state index is 9.51. The van der Waals surface area contributed by atoms with Gasteiger partial charge in [-0.3, -0.25) is 0 Å². The molecule has 3 nitrogen and oxygen atoms in total. The van der Waals surface area contributed by atoms with E-state index in [9.17, 15) is 5.11 Å². The summed E-state index contributed by atoms with van der Waals surface area (Å²) in [7, 11) is 0. The fourth-order valence-corrected chi connectivity index (χ4v) is 3.05. The van der Waals surface area contributed by atoms with E-state index >= 15 is 0 Å². The molecule has 0 bridgehead atoms. The van der Waals surface area contributed by atoms with Gasteiger partial charge in [-0.25, -0.2) is 4.98 Å². The monoisotopic (exact) mass is 234 g/mol. The molecule has 3 rings (SSSR count). The summed E-state index contributed by atoms with van der Waals surface area (Å²) in [6.07, 6.45) is 3.45. The highest BCUT2D eigenvalue weighted by Gasteiger charge is 2.20. The van der Waals surface area contributed by atoms with Crippen LogP contribution < -0.4 is 0 Å². The van der Waals surface area contributed by atoms with E-state index in [0.717, 1.165) is 35.1 Å². The van der Waals surface area contributed by atoms with Crippen LogP contribution in [-0.2, 0) is 19.6 Å². The van der Waals surface area contributed by atoms with Gasteiger partial charge in [0.2, 0.25) is 0 Å². The van der Waals surface area contributed by atoms with Crippen molar-refractivity contribution in [1.29, 1.82) is 0 Å². The summed E-state index contributed by atoms with van der Waals surface area (Å²) in [4.78, 5) is 5.84. The lowest BCUT2D eigenvalue weighted by Crippen LogP contribution is -2.12. The molecule has 0 unspecified atom stereocenters. The highest BCUT2D eigenvalue weighted by atomic mass is 32.1. The van der Waals surface area contributed by atoms with Crippen molar-refractivity contribution in [3.05, 3.63) is 29.0 Å². The lowest BCUT2D eigenvalue weighted by Gasteiger charge is -2.15. The second-order valence-corrected chi connectivity index (χ2v) is 5.02. The molecule has 4 heteroatoms. The van der Waals surface area contributed by atoms with E-state index in [4.69, 9.17) is 0 Å². The van der Waals surface area contributed by atoms with Crippen LogP contribution >= 0.6 is 11.3 Å². The molecule has 3 heterocycles. The number of aryl methyl sites for hydroxylation is 1. The normalized spacial score (nSPS) is 15.1. The van der Waals surface area contributed by atoms with Gasteiger partial charge in [-0.05, 0) is 24.3 Å². The van der Waals surface area contributed by atoms with Crippen molar-refractivity contribution in [1.82, 2.24) is 9.55 Å². The number of hydrogen-bond acceptors (Lipinski definition) is 3. The second kappa shape index (κ2) is 4.03. The van der Waals surface area contributed by atoms with Crippen LogP contribution in [0.5, 0.6) is 0 Å². The standard InChI is InChI=1S/C12H14N2OS/c15-8-9-12(10-4-3-7-16-10)13-11-5-1-2-6-14(9)11/h3-4,7,15H,1-2,5-6,8H2. The zero-order chi connectivity index (χ0) is 11.0. The SMILES string of the molecule is OCc1c(-c2cccs2)nc2n1CCCC2. The third-order valence-corrected chi connectivity index (χ3v) is 3.96. The quantitative estimate of drug-likeness (QED) is 0.866. The molecule has 0 fully saturated rings. The Labute approximate surface area is 98.4 Å². The van der Waals surface area contributed by atoms with E-state index in [0.29, 0.717) is 0 Å². The highest BCUT2D eigenvalue weighted by molar-refractivity contribution is 7.13. The number of aromatic nitrogens is 2. The van der Waals surface area contributed by atoms with Gasteiger partial charge in [-0.15, -0.1) is 11.3 Å². The van der Waals surface area contributed by atoms with Crippen LogP contribution in [-0.4, -0.2) is 14.7 Å². The number of aliphatic hydroxyl groups is 1. The lowest BCUT2D eigenvalue weighted by atomic mass is 10.1. The lowest BCUT2D eigenvalue weighted by molar-refractivity contribution is 0.268. The first-order chi connectivity index (χ1) is 7.90. The third kappa shape index (κ3) is 1.49. The second-order valence-electron chi connectivity index (χ2n) is 4.07. The topological polar surface area (TPSA) is 38.1 Å². The van der Waals surface area contributed by atoms with Gasteiger partial charge in [-0.2, -0.15) is 0 Å². The minimum Gasteiger partial charge on any atom is -0.390 e. The predicted molar refractivity (Wildman–Crippen MR) is 64.4 cm³/mol. The number of aliphatic hydroxyl groups excluding tert-OH is 1. The van der Waals surface area contributed by atoms with E-state index in [2.05, 4.69) is 21.0 Å². The zero-order valence-corrected chi connectivity index (χ0v) is 9.83. The minimum absolute atomic E-state index is 0.0836. The Balaban J connectivity index is 2.14. The van der Waals surface area contributed by atoms with Crippen LogP contribution in [0.25, 0.3) is 10.6 Å². The van der Waals surface area contributed by atoms with E-state index in [1.807, 2.05) is 6.07 Å². The molecule has 0 amide bonds. The van der Waals surface area contributed by atoms with Crippen molar-refractivity contribution in [2.45, 2.75) is 32.4 Å². The van der Waals surface area contributed by atoms with Crippen LogP contribution in [0, 0.1) is 0 Å². The molecule has 1 N–H and O–H groups in total. The molecular weight excluding hydrogens is 220 g/mol. The summed E-state index contributed by atoms with van der Waals surface area (Å²) in [5.41, 5.74) is 1.96. The number of hydrogen-bond donors (Lipinski definition) is 1. The van der Waals surface area contributed by atoms with Crippen molar-refractivity contribution in [2.24, 2.45) is 0 Å².